The zero-order valence-corrected chi connectivity index (χ0v) is 17.8. The van der Waals surface area contributed by atoms with Gasteiger partial charge >= 0.3 is 0 Å². The number of rotatable bonds is 5. The molecule has 0 aliphatic heterocycles. The maximum absolute atomic E-state index is 14.1. The second-order valence-electron chi connectivity index (χ2n) is 6.82. The highest BCUT2D eigenvalue weighted by Crippen LogP contribution is 2.15. The van der Waals surface area contributed by atoms with Gasteiger partial charge in [-0.1, -0.05) is 29.8 Å². The number of aryl methyl sites for hydroxylation is 2. The minimum absolute atomic E-state index is 0.157. The summed E-state index contributed by atoms with van der Waals surface area (Å²) in [4.78, 5) is 17.1. The largest absolute Gasteiger partial charge is 0.323 e. The molecule has 0 bridgehead atoms. The van der Waals surface area contributed by atoms with E-state index in [0.717, 1.165) is 17.0 Å². The van der Waals surface area contributed by atoms with Crippen LogP contribution in [0.15, 0.2) is 53.5 Å². The second-order valence-corrected chi connectivity index (χ2v) is 7.26. The van der Waals surface area contributed by atoms with Crippen molar-refractivity contribution in [1.29, 1.82) is 0 Å². The van der Waals surface area contributed by atoms with Gasteiger partial charge in [-0.2, -0.15) is 5.10 Å². The molecule has 3 aromatic rings. The molecule has 6 nitrogen and oxygen atoms in total. The smallest absolute Gasteiger partial charge is 0.258 e. The van der Waals surface area contributed by atoms with Crippen LogP contribution in [0.4, 0.5) is 10.1 Å². The summed E-state index contributed by atoms with van der Waals surface area (Å²) in [6.07, 6.45) is 0.640. The number of nitrogens with one attached hydrogen (secondary N) is 2. The summed E-state index contributed by atoms with van der Waals surface area (Å²) in [6.45, 7) is 4.34. The maximum atomic E-state index is 14.1. The number of anilines is 1. The maximum Gasteiger partial charge on any atom is 0.258 e. The van der Waals surface area contributed by atoms with Crippen LogP contribution in [0.3, 0.4) is 0 Å². The zero-order chi connectivity index (χ0) is 21.7. The number of hydrogen-bond acceptors (Lipinski definition) is 3. The molecule has 0 aliphatic rings. The molecular formula is C22H23ClFN5O. The molecule has 0 unspecified atom stereocenters. The highest BCUT2D eigenvalue weighted by atomic mass is 35.5. The van der Waals surface area contributed by atoms with Crippen LogP contribution in [0.25, 0.3) is 0 Å². The van der Waals surface area contributed by atoms with Crippen LogP contribution >= 0.6 is 11.6 Å². The fourth-order valence-electron chi connectivity index (χ4n) is 3.07. The van der Waals surface area contributed by atoms with Gasteiger partial charge < -0.3 is 5.32 Å². The fourth-order valence-corrected chi connectivity index (χ4v) is 3.26. The van der Waals surface area contributed by atoms with Crippen molar-refractivity contribution in [1.82, 2.24) is 15.1 Å². The molecule has 1 amide bonds. The van der Waals surface area contributed by atoms with Crippen molar-refractivity contribution in [3.05, 3.63) is 81.9 Å². The van der Waals surface area contributed by atoms with E-state index < -0.39 is 11.7 Å². The molecule has 0 spiro atoms. The first-order valence-electron chi connectivity index (χ1n) is 9.47. The van der Waals surface area contributed by atoms with Crippen LogP contribution < -0.4 is 10.6 Å². The van der Waals surface area contributed by atoms with E-state index in [0.29, 0.717) is 23.6 Å². The molecule has 30 heavy (non-hydrogen) atoms. The van der Waals surface area contributed by atoms with Crippen LogP contribution in [0, 0.1) is 19.7 Å². The third-order valence-electron chi connectivity index (χ3n) is 4.74. The molecule has 156 valence electrons. The minimum Gasteiger partial charge on any atom is -0.323 e. The molecule has 1 heterocycles. The molecular weight excluding hydrogens is 405 g/mol. The summed E-state index contributed by atoms with van der Waals surface area (Å²) in [6, 6.07) is 12.8. The molecule has 0 aliphatic carbocycles. The van der Waals surface area contributed by atoms with Crippen molar-refractivity contribution in [3.63, 3.8) is 0 Å². The van der Waals surface area contributed by atoms with Gasteiger partial charge in [0.25, 0.3) is 5.91 Å². The van der Waals surface area contributed by atoms with Crippen molar-refractivity contribution >= 4 is 29.2 Å². The number of nitrogens with zero attached hydrogens (tertiary/aromatic N) is 3. The Balaban J connectivity index is 1.80. The number of carbonyl (C=O) groups excluding carboxylic acids is 1. The molecule has 2 aromatic carbocycles. The van der Waals surface area contributed by atoms with Crippen LogP contribution in [0.1, 0.15) is 27.3 Å². The van der Waals surface area contributed by atoms with E-state index in [2.05, 4.69) is 20.7 Å². The Bertz CT molecular complexity index is 1090. The van der Waals surface area contributed by atoms with Crippen molar-refractivity contribution in [2.24, 2.45) is 12.0 Å². The number of hydrogen-bond donors (Lipinski definition) is 2. The minimum atomic E-state index is -0.443. The van der Waals surface area contributed by atoms with Crippen molar-refractivity contribution < 1.29 is 9.18 Å². The Labute approximate surface area is 179 Å². The molecule has 1 aromatic heterocycles. The molecule has 3 rings (SSSR count). The van der Waals surface area contributed by atoms with Crippen molar-refractivity contribution in [2.75, 3.05) is 11.9 Å². The highest BCUT2D eigenvalue weighted by Gasteiger charge is 2.13. The Morgan fingerprint density at radius 2 is 1.97 bits per heavy atom. The van der Waals surface area contributed by atoms with Crippen LogP contribution in [0.2, 0.25) is 5.02 Å². The first kappa shape index (κ1) is 21.5. The third-order valence-corrected chi connectivity index (χ3v) is 4.97. The Morgan fingerprint density at radius 3 is 2.63 bits per heavy atom. The molecule has 8 heteroatoms. The van der Waals surface area contributed by atoms with E-state index in [1.807, 2.05) is 25.6 Å². The van der Waals surface area contributed by atoms with E-state index in [1.54, 1.807) is 42.5 Å². The van der Waals surface area contributed by atoms with Gasteiger partial charge in [-0.15, -0.1) is 0 Å². The van der Waals surface area contributed by atoms with Gasteiger partial charge in [0.2, 0.25) is 5.96 Å². The summed E-state index contributed by atoms with van der Waals surface area (Å²) in [5.41, 5.74) is 3.71. The van der Waals surface area contributed by atoms with Gasteiger partial charge in [0, 0.05) is 29.9 Å². The number of amides is 1. The van der Waals surface area contributed by atoms with Crippen LogP contribution in [-0.2, 0) is 13.5 Å². The van der Waals surface area contributed by atoms with E-state index in [9.17, 15) is 9.18 Å². The number of para-hydroxylation sites is 1. The van der Waals surface area contributed by atoms with Gasteiger partial charge in [-0.3, -0.25) is 19.8 Å². The Kier molecular flexibility index (Phi) is 6.84. The van der Waals surface area contributed by atoms with Gasteiger partial charge in [0.05, 0.1) is 11.4 Å². The second kappa shape index (κ2) is 9.54. The third kappa shape index (κ3) is 5.24. The first-order chi connectivity index (χ1) is 14.3. The van der Waals surface area contributed by atoms with Gasteiger partial charge in [0.15, 0.2) is 0 Å². The highest BCUT2D eigenvalue weighted by molar-refractivity contribution is 6.31. The van der Waals surface area contributed by atoms with E-state index in [1.165, 1.54) is 6.07 Å². The summed E-state index contributed by atoms with van der Waals surface area (Å²) >= 11 is 5.98. The molecule has 0 fully saturated rings. The monoisotopic (exact) mass is 427 g/mol. The number of guanidine groups is 1. The average Bonchev–Trinajstić information content (AvgIpc) is 2.95. The summed E-state index contributed by atoms with van der Waals surface area (Å²) in [7, 11) is 1.89. The summed E-state index contributed by atoms with van der Waals surface area (Å²) in [5.74, 6) is -0.681. The summed E-state index contributed by atoms with van der Waals surface area (Å²) < 4.78 is 15.9. The van der Waals surface area contributed by atoms with Crippen molar-refractivity contribution in [2.45, 2.75) is 20.3 Å². The predicted octanol–water partition coefficient (Wildman–Crippen LogP) is 4.27. The van der Waals surface area contributed by atoms with Crippen LogP contribution in [0.5, 0.6) is 0 Å². The standard InChI is InChI=1S/C22H23ClFN5O/c1-14-18(15(2)29(3)28-14)11-12-25-22(26-20-10-5-4-9-19(20)24)27-21(30)16-7-6-8-17(23)13-16/h4-10,13H,11-12H2,1-3H3,(H2,25,26,27,30). The lowest BCUT2D eigenvalue weighted by molar-refractivity contribution is 0.0977. The van der Waals surface area contributed by atoms with E-state index in [-0.39, 0.29) is 11.6 Å². The topological polar surface area (TPSA) is 71.3 Å². The average molecular weight is 428 g/mol. The van der Waals surface area contributed by atoms with Gasteiger partial charge in [-0.25, -0.2) is 4.39 Å². The molecule has 2 N–H and O–H groups in total. The lowest BCUT2D eigenvalue weighted by atomic mass is 10.1. The normalized spacial score (nSPS) is 11.4. The fraction of sp³-hybridized carbons (Fsp3) is 0.227. The van der Waals surface area contributed by atoms with Gasteiger partial charge in [-0.05, 0) is 56.2 Å². The molecule has 0 atom stereocenters. The lowest BCUT2D eigenvalue weighted by Gasteiger charge is -2.13. The number of carbonyl (C=O) groups is 1. The predicted molar refractivity (Wildman–Crippen MR) is 118 cm³/mol. The van der Waals surface area contributed by atoms with Crippen LogP contribution in [-0.4, -0.2) is 28.2 Å². The Morgan fingerprint density at radius 1 is 1.20 bits per heavy atom. The molecule has 0 saturated carbocycles. The SMILES string of the molecule is Cc1nn(C)c(C)c1CCN=C(NC(=O)c1cccc(Cl)c1)Nc1ccccc1F. The van der Waals surface area contributed by atoms with E-state index in [4.69, 9.17) is 11.6 Å². The lowest BCUT2D eigenvalue weighted by Crippen LogP contribution is -2.36. The molecule has 0 saturated heterocycles. The number of halogens is 2. The van der Waals surface area contributed by atoms with Crippen molar-refractivity contribution in [3.8, 4) is 0 Å². The number of benzene rings is 2. The first-order valence-corrected chi connectivity index (χ1v) is 9.85. The number of aliphatic imine (C=N–C) groups is 1. The van der Waals surface area contributed by atoms with E-state index >= 15 is 0 Å². The molecule has 0 radical (unpaired) electrons. The zero-order valence-electron chi connectivity index (χ0n) is 17.0. The quantitative estimate of drug-likeness (QED) is 0.472. The summed E-state index contributed by atoms with van der Waals surface area (Å²) in [5, 5.41) is 10.4. The number of aromatic nitrogens is 2. The van der Waals surface area contributed by atoms with Gasteiger partial charge in [0.1, 0.15) is 5.82 Å². The Hall–Kier alpha value is -3.19.